The van der Waals surface area contributed by atoms with Gasteiger partial charge in [0.1, 0.15) is 11.6 Å². The molecule has 0 bridgehead atoms. The second-order valence-electron chi connectivity index (χ2n) is 5.01. The van der Waals surface area contributed by atoms with Gasteiger partial charge in [-0.05, 0) is 35.6 Å². The van der Waals surface area contributed by atoms with Gasteiger partial charge in [0, 0.05) is 23.3 Å². The van der Waals surface area contributed by atoms with E-state index in [9.17, 15) is 8.78 Å². The minimum atomic E-state index is -0.877. The Morgan fingerprint density at radius 1 is 1.10 bits per heavy atom. The van der Waals surface area contributed by atoms with Gasteiger partial charge in [-0.1, -0.05) is 24.3 Å². The molecule has 2 aromatic carbocycles. The number of aryl methyl sites for hydroxylation is 1. The summed E-state index contributed by atoms with van der Waals surface area (Å²) in [7, 11) is 0. The molecule has 0 aliphatic heterocycles. The average molecular weight is 284 g/mol. The molecule has 0 saturated carbocycles. The Hall–Kier alpha value is -2.33. The lowest BCUT2D eigenvalue weighted by molar-refractivity contribution is 0.538. The van der Waals surface area contributed by atoms with Gasteiger partial charge in [-0.2, -0.15) is 0 Å². The molecule has 3 aromatic rings. The lowest BCUT2D eigenvalue weighted by Crippen LogP contribution is -2.16. The van der Waals surface area contributed by atoms with Crippen molar-refractivity contribution in [2.75, 3.05) is 0 Å². The molecular weight excluding hydrogens is 270 g/mol. The van der Waals surface area contributed by atoms with Crippen molar-refractivity contribution in [2.24, 2.45) is 5.73 Å². The van der Waals surface area contributed by atoms with Crippen LogP contribution in [0.5, 0.6) is 0 Å². The molecule has 4 heteroatoms. The van der Waals surface area contributed by atoms with Gasteiger partial charge in [-0.15, -0.1) is 0 Å². The molecule has 0 fully saturated rings. The van der Waals surface area contributed by atoms with E-state index in [1.54, 1.807) is 25.4 Å². The Morgan fingerprint density at radius 3 is 2.71 bits per heavy atom. The monoisotopic (exact) mass is 284 g/mol. The van der Waals surface area contributed by atoms with Crippen molar-refractivity contribution in [3.63, 3.8) is 0 Å². The van der Waals surface area contributed by atoms with Crippen molar-refractivity contribution in [3.05, 3.63) is 77.1 Å². The molecule has 0 aliphatic rings. The van der Waals surface area contributed by atoms with Crippen LogP contribution in [0.3, 0.4) is 0 Å². The first-order valence-electron chi connectivity index (χ1n) is 6.62. The van der Waals surface area contributed by atoms with Gasteiger partial charge < -0.3 is 5.73 Å². The number of hydrogen-bond donors (Lipinski definition) is 1. The number of rotatable bonds is 2. The predicted octanol–water partition coefficient (Wildman–Crippen LogP) is 3.87. The van der Waals surface area contributed by atoms with Crippen molar-refractivity contribution in [1.29, 1.82) is 0 Å². The van der Waals surface area contributed by atoms with Crippen molar-refractivity contribution in [3.8, 4) is 0 Å². The van der Waals surface area contributed by atoms with Crippen LogP contribution in [-0.2, 0) is 0 Å². The maximum atomic E-state index is 14.3. The van der Waals surface area contributed by atoms with E-state index in [1.807, 2.05) is 18.2 Å². The zero-order valence-corrected chi connectivity index (χ0v) is 11.5. The Balaban J connectivity index is 2.22. The Kier molecular flexibility index (Phi) is 3.39. The zero-order valence-electron chi connectivity index (χ0n) is 11.5. The molecule has 1 atom stereocenters. The second kappa shape index (κ2) is 5.22. The molecule has 0 aliphatic carbocycles. The fourth-order valence-electron chi connectivity index (χ4n) is 2.53. The maximum absolute atomic E-state index is 14.3. The molecule has 2 nitrogen and oxygen atoms in total. The van der Waals surface area contributed by atoms with Crippen LogP contribution in [0, 0.1) is 18.6 Å². The minimum Gasteiger partial charge on any atom is -0.320 e. The normalized spacial score (nSPS) is 12.6. The van der Waals surface area contributed by atoms with E-state index in [1.165, 1.54) is 12.1 Å². The molecule has 0 spiro atoms. The summed E-state index contributed by atoms with van der Waals surface area (Å²) in [6.45, 7) is 1.59. The summed E-state index contributed by atoms with van der Waals surface area (Å²) < 4.78 is 28.3. The molecule has 106 valence electrons. The third-order valence-electron chi connectivity index (χ3n) is 3.68. The topological polar surface area (TPSA) is 38.9 Å². The quantitative estimate of drug-likeness (QED) is 0.776. The highest BCUT2D eigenvalue weighted by Crippen LogP contribution is 2.30. The van der Waals surface area contributed by atoms with E-state index in [4.69, 9.17) is 5.73 Å². The lowest BCUT2D eigenvalue weighted by atomic mass is 9.93. The first-order valence-corrected chi connectivity index (χ1v) is 6.62. The van der Waals surface area contributed by atoms with Crippen LogP contribution in [0.2, 0.25) is 0 Å². The largest absolute Gasteiger partial charge is 0.320 e. The zero-order chi connectivity index (χ0) is 15.0. The molecule has 2 N–H and O–H groups in total. The molecule has 1 unspecified atom stereocenters. The number of nitrogens with two attached hydrogens (primary N) is 1. The van der Waals surface area contributed by atoms with E-state index in [2.05, 4.69) is 4.98 Å². The summed E-state index contributed by atoms with van der Waals surface area (Å²) in [5, 5.41) is 1.74. The first-order chi connectivity index (χ1) is 10.1. The summed E-state index contributed by atoms with van der Waals surface area (Å²) >= 11 is 0. The SMILES string of the molecule is Cc1ccc(F)c(C(N)c2cccc3ccncc23)c1F. The Bertz CT molecular complexity index is 810. The Morgan fingerprint density at radius 2 is 1.90 bits per heavy atom. The van der Waals surface area contributed by atoms with Gasteiger partial charge in [0.25, 0.3) is 0 Å². The second-order valence-corrected chi connectivity index (χ2v) is 5.01. The fraction of sp³-hybridized carbons (Fsp3) is 0.118. The summed E-state index contributed by atoms with van der Waals surface area (Å²) in [6, 6.07) is 9.13. The van der Waals surface area contributed by atoms with Crippen molar-refractivity contribution in [2.45, 2.75) is 13.0 Å². The maximum Gasteiger partial charge on any atom is 0.134 e. The fourth-order valence-corrected chi connectivity index (χ4v) is 2.53. The van der Waals surface area contributed by atoms with Crippen molar-refractivity contribution >= 4 is 10.8 Å². The molecule has 21 heavy (non-hydrogen) atoms. The molecule has 1 heterocycles. The van der Waals surface area contributed by atoms with Crippen LogP contribution in [0.1, 0.15) is 22.7 Å². The average Bonchev–Trinajstić information content (AvgIpc) is 2.50. The smallest absolute Gasteiger partial charge is 0.134 e. The summed E-state index contributed by atoms with van der Waals surface area (Å²) in [5.74, 6) is -1.23. The van der Waals surface area contributed by atoms with E-state index in [0.717, 1.165) is 10.8 Å². The van der Waals surface area contributed by atoms with Crippen LogP contribution in [-0.4, -0.2) is 4.98 Å². The van der Waals surface area contributed by atoms with Crippen LogP contribution < -0.4 is 5.73 Å². The van der Waals surface area contributed by atoms with Crippen LogP contribution in [0.15, 0.2) is 48.8 Å². The number of hydrogen-bond acceptors (Lipinski definition) is 2. The van der Waals surface area contributed by atoms with E-state index in [-0.39, 0.29) is 5.56 Å². The third-order valence-corrected chi connectivity index (χ3v) is 3.68. The van der Waals surface area contributed by atoms with Gasteiger partial charge in [0.2, 0.25) is 0 Å². The summed E-state index contributed by atoms with van der Waals surface area (Å²) in [5.41, 5.74) is 7.07. The minimum absolute atomic E-state index is 0.105. The van der Waals surface area contributed by atoms with Crippen molar-refractivity contribution in [1.82, 2.24) is 4.98 Å². The highest BCUT2D eigenvalue weighted by Gasteiger charge is 2.21. The van der Waals surface area contributed by atoms with Crippen LogP contribution >= 0.6 is 0 Å². The Labute approximate surface area is 121 Å². The number of fused-ring (bicyclic) bond motifs is 1. The number of nitrogens with zero attached hydrogens (tertiary/aromatic N) is 1. The molecule has 1 aromatic heterocycles. The van der Waals surface area contributed by atoms with Gasteiger partial charge in [0.15, 0.2) is 0 Å². The number of benzene rings is 2. The lowest BCUT2D eigenvalue weighted by Gasteiger charge is -2.17. The van der Waals surface area contributed by atoms with Gasteiger partial charge in [-0.3, -0.25) is 4.98 Å². The van der Waals surface area contributed by atoms with Crippen molar-refractivity contribution < 1.29 is 8.78 Å². The van der Waals surface area contributed by atoms with Crippen LogP contribution in [0.25, 0.3) is 10.8 Å². The van der Waals surface area contributed by atoms with Gasteiger partial charge in [-0.25, -0.2) is 8.78 Å². The standard InChI is InChI=1S/C17H14F2N2/c1-10-5-6-14(18)15(16(10)19)17(20)12-4-2-3-11-7-8-21-9-13(11)12/h2-9,17H,20H2,1H3. The molecule has 0 amide bonds. The van der Waals surface area contributed by atoms with Crippen LogP contribution in [0.4, 0.5) is 8.78 Å². The molecule has 0 radical (unpaired) electrons. The highest BCUT2D eigenvalue weighted by atomic mass is 19.1. The van der Waals surface area contributed by atoms with Gasteiger partial charge in [0.05, 0.1) is 6.04 Å². The summed E-state index contributed by atoms with van der Waals surface area (Å²) in [4.78, 5) is 4.07. The van der Waals surface area contributed by atoms with E-state index >= 15 is 0 Å². The molecular formula is C17H14F2N2. The highest BCUT2D eigenvalue weighted by molar-refractivity contribution is 5.85. The van der Waals surface area contributed by atoms with Gasteiger partial charge >= 0.3 is 0 Å². The molecule has 0 saturated heterocycles. The number of pyridine rings is 1. The van der Waals surface area contributed by atoms with E-state index < -0.39 is 17.7 Å². The predicted molar refractivity (Wildman–Crippen MR) is 78.9 cm³/mol. The number of halogens is 2. The third kappa shape index (κ3) is 2.28. The molecule has 3 rings (SSSR count). The first kappa shape index (κ1) is 13.6. The summed E-state index contributed by atoms with van der Waals surface area (Å²) in [6.07, 6.45) is 3.33. The van der Waals surface area contributed by atoms with E-state index in [0.29, 0.717) is 11.1 Å². The number of aromatic nitrogens is 1.